The van der Waals surface area contributed by atoms with Crippen LogP contribution in [0.4, 0.5) is 5.82 Å². The molecule has 0 aliphatic carbocycles. The number of pyridine rings is 1. The normalized spacial score (nSPS) is 11.2. The van der Waals surface area contributed by atoms with E-state index in [0.29, 0.717) is 5.82 Å². The Morgan fingerprint density at radius 2 is 2.19 bits per heavy atom. The van der Waals surface area contributed by atoms with E-state index >= 15 is 0 Å². The lowest BCUT2D eigenvalue weighted by Crippen LogP contribution is -2.22. The van der Waals surface area contributed by atoms with Crippen LogP contribution in [0.3, 0.4) is 0 Å². The van der Waals surface area contributed by atoms with Gasteiger partial charge in [0, 0.05) is 12.7 Å². The van der Waals surface area contributed by atoms with E-state index in [-0.39, 0.29) is 11.0 Å². The molecule has 1 heterocycles. The Bertz CT molecular complexity index is 358. The summed E-state index contributed by atoms with van der Waals surface area (Å²) in [6.07, 6.45) is 2.44. The van der Waals surface area contributed by atoms with Crippen molar-refractivity contribution in [3.05, 3.63) is 23.9 Å². The fraction of sp³-hybridized carbons (Fsp3) is 0.500. The molecular formula is C12H18N2O2. The molecule has 4 nitrogen and oxygen atoms in total. The summed E-state index contributed by atoms with van der Waals surface area (Å²) in [7, 11) is 0. The first kappa shape index (κ1) is 12.5. The minimum Gasteiger partial charge on any atom is -0.478 e. The van der Waals surface area contributed by atoms with Gasteiger partial charge < -0.3 is 10.4 Å². The van der Waals surface area contributed by atoms with Crippen molar-refractivity contribution in [2.75, 3.05) is 11.9 Å². The molecule has 0 fully saturated rings. The zero-order chi connectivity index (χ0) is 12.2. The van der Waals surface area contributed by atoms with Crippen LogP contribution in [0.1, 0.15) is 37.6 Å². The molecule has 88 valence electrons. The maximum absolute atomic E-state index is 10.6. The lowest BCUT2D eigenvalue weighted by atomic mass is 9.90. The summed E-state index contributed by atoms with van der Waals surface area (Å²) in [5.41, 5.74) is 0.424. The van der Waals surface area contributed by atoms with E-state index in [1.165, 1.54) is 6.20 Å². The number of carboxylic acids is 1. The molecule has 1 rings (SSSR count). The smallest absolute Gasteiger partial charge is 0.337 e. The van der Waals surface area contributed by atoms with E-state index in [9.17, 15) is 4.79 Å². The molecule has 0 amide bonds. The van der Waals surface area contributed by atoms with Gasteiger partial charge in [0.1, 0.15) is 5.82 Å². The van der Waals surface area contributed by atoms with E-state index in [2.05, 4.69) is 31.1 Å². The summed E-state index contributed by atoms with van der Waals surface area (Å²) in [4.78, 5) is 14.7. The Morgan fingerprint density at radius 3 is 2.62 bits per heavy atom. The average molecular weight is 222 g/mol. The van der Waals surface area contributed by atoms with Gasteiger partial charge in [-0.1, -0.05) is 20.8 Å². The number of aromatic nitrogens is 1. The minimum atomic E-state index is -0.951. The molecule has 0 saturated carbocycles. The van der Waals surface area contributed by atoms with Gasteiger partial charge in [-0.3, -0.25) is 0 Å². The van der Waals surface area contributed by atoms with Crippen molar-refractivity contribution in [1.29, 1.82) is 0 Å². The zero-order valence-electron chi connectivity index (χ0n) is 9.95. The number of hydrogen-bond donors (Lipinski definition) is 2. The van der Waals surface area contributed by atoms with Gasteiger partial charge in [0.05, 0.1) is 5.56 Å². The van der Waals surface area contributed by atoms with Crippen LogP contribution in [-0.2, 0) is 0 Å². The first-order valence-corrected chi connectivity index (χ1v) is 5.38. The van der Waals surface area contributed by atoms with Gasteiger partial charge in [0.15, 0.2) is 0 Å². The van der Waals surface area contributed by atoms with Gasteiger partial charge in [-0.15, -0.1) is 0 Å². The van der Waals surface area contributed by atoms with Crippen molar-refractivity contribution >= 4 is 11.8 Å². The quantitative estimate of drug-likeness (QED) is 0.804. The molecule has 1 aromatic heterocycles. The van der Waals surface area contributed by atoms with E-state index in [1.807, 2.05) is 0 Å². The third kappa shape index (κ3) is 3.53. The highest BCUT2D eigenvalue weighted by Crippen LogP contribution is 2.19. The SMILES string of the molecule is CCC(C)(C)CNc1ccc(C(=O)O)cn1. The van der Waals surface area contributed by atoms with Crippen LogP contribution in [0.25, 0.3) is 0 Å². The number of hydrogen-bond acceptors (Lipinski definition) is 3. The largest absolute Gasteiger partial charge is 0.478 e. The van der Waals surface area contributed by atoms with Crippen molar-refractivity contribution in [3.63, 3.8) is 0 Å². The second-order valence-corrected chi connectivity index (χ2v) is 4.61. The fourth-order valence-electron chi connectivity index (χ4n) is 1.08. The standard InChI is InChI=1S/C12H18N2O2/c1-4-12(2,3)8-14-10-6-5-9(7-13-10)11(15)16/h5-7H,4,8H2,1-3H3,(H,13,14)(H,15,16). The van der Waals surface area contributed by atoms with Gasteiger partial charge in [0.2, 0.25) is 0 Å². The maximum atomic E-state index is 10.6. The maximum Gasteiger partial charge on any atom is 0.337 e. The van der Waals surface area contributed by atoms with Crippen molar-refractivity contribution < 1.29 is 9.90 Å². The van der Waals surface area contributed by atoms with E-state index < -0.39 is 5.97 Å². The van der Waals surface area contributed by atoms with Crippen molar-refractivity contribution in [3.8, 4) is 0 Å². The molecule has 16 heavy (non-hydrogen) atoms. The number of nitrogens with one attached hydrogen (secondary N) is 1. The summed E-state index contributed by atoms with van der Waals surface area (Å²) in [6.45, 7) is 7.31. The van der Waals surface area contributed by atoms with Gasteiger partial charge in [-0.2, -0.15) is 0 Å². The summed E-state index contributed by atoms with van der Waals surface area (Å²) < 4.78 is 0. The zero-order valence-corrected chi connectivity index (χ0v) is 9.95. The number of carboxylic acid groups (broad SMARTS) is 1. The molecule has 0 bridgehead atoms. The molecule has 0 aliphatic heterocycles. The van der Waals surface area contributed by atoms with Crippen molar-refractivity contribution in [1.82, 2.24) is 4.98 Å². The monoisotopic (exact) mass is 222 g/mol. The Balaban J connectivity index is 2.59. The van der Waals surface area contributed by atoms with E-state index in [4.69, 9.17) is 5.11 Å². The number of anilines is 1. The van der Waals surface area contributed by atoms with Crippen LogP contribution in [0.5, 0.6) is 0 Å². The highest BCUT2D eigenvalue weighted by molar-refractivity contribution is 5.87. The Kier molecular flexibility index (Phi) is 3.88. The number of rotatable bonds is 5. The molecule has 0 atom stereocenters. The van der Waals surface area contributed by atoms with E-state index in [0.717, 1.165) is 13.0 Å². The summed E-state index contributed by atoms with van der Waals surface area (Å²) >= 11 is 0. The second kappa shape index (κ2) is 4.96. The topological polar surface area (TPSA) is 62.2 Å². The first-order chi connectivity index (χ1) is 7.44. The van der Waals surface area contributed by atoms with Gasteiger partial charge in [-0.25, -0.2) is 9.78 Å². The first-order valence-electron chi connectivity index (χ1n) is 5.38. The molecule has 0 unspecified atom stereocenters. The van der Waals surface area contributed by atoms with Gasteiger partial charge in [-0.05, 0) is 24.0 Å². The Hall–Kier alpha value is -1.58. The molecule has 0 radical (unpaired) electrons. The molecule has 0 aliphatic rings. The number of carbonyl (C=O) groups is 1. The van der Waals surface area contributed by atoms with Crippen LogP contribution in [-0.4, -0.2) is 22.6 Å². The highest BCUT2D eigenvalue weighted by Gasteiger charge is 2.14. The average Bonchev–Trinajstić information content (AvgIpc) is 2.27. The highest BCUT2D eigenvalue weighted by atomic mass is 16.4. The second-order valence-electron chi connectivity index (χ2n) is 4.61. The molecule has 4 heteroatoms. The van der Waals surface area contributed by atoms with Crippen molar-refractivity contribution in [2.24, 2.45) is 5.41 Å². The van der Waals surface area contributed by atoms with Crippen LogP contribution in [0.2, 0.25) is 0 Å². The molecule has 0 saturated heterocycles. The molecule has 2 N–H and O–H groups in total. The summed E-state index contributed by atoms with van der Waals surface area (Å²) in [5.74, 6) is -0.237. The third-order valence-electron chi connectivity index (χ3n) is 2.72. The Morgan fingerprint density at radius 1 is 1.50 bits per heavy atom. The summed E-state index contributed by atoms with van der Waals surface area (Å²) in [6, 6.07) is 3.24. The lowest BCUT2D eigenvalue weighted by molar-refractivity contribution is 0.0696. The molecule has 1 aromatic rings. The molecule has 0 aromatic carbocycles. The van der Waals surface area contributed by atoms with Gasteiger partial charge >= 0.3 is 5.97 Å². The number of aromatic carboxylic acids is 1. The number of nitrogens with zero attached hydrogens (tertiary/aromatic N) is 1. The van der Waals surface area contributed by atoms with Crippen LogP contribution in [0.15, 0.2) is 18.3 Å². The third-order valence-corrected chi connectivity index (χ3v) is 2.72. The predicted molar refractivity (Wildman–Crippen MR) is 63.8 cm³/mol. The Labute approximate surface area is 95.7 Å². The molecule has 0 spiro atoms. The van der Waals surface area contributed by atoms with E-state index in [1.54, 1.807) is 12.1 Å². The van der Waals surface area contributed by atoms with Crippen LogP contribution < -0.4 is 5.32 Å². The van der Waals surface area contributed by atoms with Gasteiger partial charge in [0.25, 0.3) is 0 Å². The molecular weight excluding hydrogens is 204 g/mol. The summed E-state index contributed by atoms with van der Waals surface area (Å²) in [5, 5.41) is 11.9. The lowest BCUT2D eigenvalue weighted by Gasteiger charge is -2.23. The fourth-order valence-corrected chi connectivity index (χ4v) is 1.08. The predicted octanol–water partition coefficient (Wildman–Crippen LogP) is 2.63. The van der Waals surface area contributed by atoms with Crippen LogP contribution in [0, 0.1) is 5.41 Å². The van der Waals surface area contributed by atoms with Crippen molar-refractivity contribution in [2.45, 2.75) is 27.2 Å². The minimum absolute atomic E-state index is 0.209. The van der Waals surface area contributed by atoms with Crippen LogP contribution >= 0.6 is 0 Å².